The number of H-pyrrole nitrogens is 2. The predicted molar refractivity (Wildman–Crippen MR) is 132 cm³/mol. The maximum absolute atomic E-state index is 15.9. The van der Waals surface area contributed by atoms with Crippen LogP contribution in [0.25, 0.3) is 55.8 Å². The Morgan fingerprint density at radius 1 is 0.914 bits per heavy atom. The second kappa shape index (κ2) is 7.98. The van der Waals surface area contributed by atoms with Gasteiger partial charge in [-0.05, 0) is 30.3 Å². The van der Waals surface area contributed by atoms with E-state index >= 15 is 4.39 Å². The Morgan fingerprint density at radius 2 is 1.77 bits per heavy atom. The molecule has 0 saturated carbocycles. The van der Waals surface area contributed by atoms with E-state index in [1.54, 1.807) is 55.0 Å². The highest BCUT2D eigenvalue weighted by atomic mass is 19.1. The first-order valence-electron chi connectivity index (χ1n) is 10.9. The fourth-order valence-electron chi connectivity index (χ4n) is 4.21. The van der Waals surface area contributed by atoms with E-state index in [1.165, 1.54) is 6.07 Å². The van der Waals surface area contributed by atoms with Gasteiger partial charge >= 0.3 is 0 Å². The SMILES string of the molecule is CN(C)c1cncc(-c2ccc3[nH]nc(-c4nc5c(-c6ccccc6F)ccnc5[nH]4)c3c2F)c1. The minimum atomic E-state index is -0.438. The average Bonchev–Trinajstić information content (AvgIpc) is 3.49. The van der Waals surface area contributed by atoms with Crippen LogP contribution in [0.1, 0.15) is 0 Å². The molecule has 35 heavy (non-hydrogen) atoms. The molecule has 0 bridgehead atoms. The summed E-state index contributed by atoms with van der Waals surface area (Å²) >= 11 is 0. The third kappa shape index (κ3) is 3.40. The third-order valence-corrected chi connectivity index (χ3v) is 5.99. The van der Waals surface area contributed by atoms with Gasteiger partial charge in [-0.1, -0.05) is 18.2 Å². The molecule has 0 atom stereocenters. The second-order valence-electron chi connectivity index (χ2n) is 8.37. The molecular formula is C26H19F2N7. The number of fused-ring (bicyclic) bond motifs is 2. The van der Waals surface area contributed by atoms with Crippen molar-refractivity contribution >= 4 is 27.8 Å². The Balaban J connectivity index is 1.53. The monoisotopic (exact) mass is 467 g/mol. The molecule has 9 heteroatoms. The van der Waals surface area contributed by atoms with Crippen LogP contribution in [0.4, 0.5) is 14.5 Å². The van der Waals surface area contributed by atoms with Crippen molar-refractivity contribution < 1.29 is 8.78 Å². The first-order valence-corrected chi connectivity index (χ1v) is 10.9. The van der Waals surface area contributed by atoms with Crippen molar-refractivity contribution in [3.8, 4) is 33.8 Å². The molecule has 0 radical (unpaired) electrons. The molecule has 172 valence electrons. The summed E-state index contributed by atoms with van der Waals surface area (Å²) in [6.45, 7) is 0. The van der Waals surface area contributed by atoms with Gasteiger partial charge in [0.15, 0.2) is 11.5 Å². The number of pyridine rings is 2. The van der Waals surface area contributed by atoms with E-state index in [0.29, 0.717) is 55.8 Å². The zero-order valence-electron chi connectivity index (χ0n) is 18.8. The molecule has 6 aromatic rings. The summed E-state index contributed by atoms with van der Waals surface area (Å²) in [5.41, 5.74) is 4.68. The standard InChI is InChI=1S/C26H19F2N7/c1-35(2)15-11-14(12-29-13-15)16-7-8-20-21(22(16)28)24(34-33-20)26-31-23-18(9-10-30-25(23)32-26)17-5-3-4-6-19(17)27/h3-13H,1-2H3,(H,33,34)(H,30,31,32). The quantitative estimate of drug-likeness (QED) is 0.354. The van der Waals surface area contributed by atoms with Crippen molar-refractivity contribution in [2.75, 3.05) is 19.0 Å². The molecular weight excluding hydrogens is 448 g/mol. The molecule has 0 spiro atoms. The summed E-state index contributed by atoms with van der Waals surface area (Å²) in [6, 6.07) is 13.5. The molecule has 0 fully saturated rings. The van der Waals surface area contributed by atoms with E-state index in [0.717, 1.165) is 5.69 Å². The summed E-state index contributed by atoms with van der Waals surface area (Å²) in [5.74, 6) is -0.468. The second-order valence-corrected chi connectivity index (χ2v) is 8.37. The topological polar surface area (TPSA) is 86.4 Å². The maximum Gasteiger partial charge on any atom is 0.161 e. The van der Waals surface area contributed by atoms with Crippen molar-refractivity contribution in [1.82, 2.24) is 30.1 Å². The number of nitrogens with one attached hydrogen (secondary N) is 2. The van der Waals surface area contributed by atoms with E-state index < -0.39 is 5.82 Å². The Kier molecular flexibility index (Phi) is 4.77. The van der Waals surface area contributed by atoms with Gasteiger partial charge in [-0.25, -0.2) is 18.7 Å². The van der Waals surface area contributed by atoms with Crippen molar-refractivity contribution in [2.24, 2.45) is 0 Å². The van der Waals surface area contributed by atoms with E-state index in [-0.39, 0.29) is 5.82 Å². The number of benzene rings is 2. The van der Waals surface area contributed by atoms with Gasteiger partial charge in [-0.3, -0.25) is 10.1 Å². The number of halogens is 2. The van der Waals surface area contributed by atoms with Gasteiger partial charge in [0.1, 0.15) is 22.8 Å². The highest BCUT2D eigenvalue weighted by molar-refractivity contribution is 5.98. The number of nitrogens with zero attached hydrogens (tertiary/aromatic N) is 5. The number of hydrogen-bond acceptors (Lipinski definition) is 5. The Morgan fingerprint density at radius 3 is 2.60 bits per heavy atom. The summed E-state index contributed by atoms with van der Waals surface area (Å²) in [4.78, 5) is 18.3. The number of aromatic amines is 2. The van der Waals surface area contributed by atoms with Gasteiger partial charge in [0.05, 0.1) is 22.8 Å². The molecule has 2 N–H and O–H groups in total. The summed E-state index contributed by atoms with van der Waals surface area (Å²) in [6.07, 6.45) is 4.93. The van der Waals surface area contributed by atoms with Crippen LogP contribution in [-0.2, 0) is 0 Å². The van der Waals surface area contributed by atoms with Crippen LogP contribution in [0.2, 0.25) is 0 Å². The Labute approximate surface area is 198 Å². The normalized spacial score (nSPS) is 11.4. The molecule has 7 nitrogen and oxygen atoms in total. The Hall–Kier alpha value is -4.66. The summed E-state index contributed by atoms with van der Waals surface area (Å²) in [7, 11) is 3.80. The molecule has 0 aliphatic rings. The van der Waals surface area contributed by atoms with Gasteiger partial charge in [-0.2, -0.15) is 5.10 Å². The molecule has 0 aliphatic carbocycles. The molecule has 0 aliphatic heterocycles. The molecule has 6 rings (SSSR count). The van der Waals surface area contributed by atoms with E-state index in [1.807, 2.05) is 25.1 Å². The lowest BCUT2D eigenvalue weighted by Gasteiger charge is -2.13. The number of hydrogen-bond donors (Lipinski definition) is 2. The van der Waals surface area contributed by atoms with Crippen LogP contribution in [0.15, 0.2) is 67.1 Å². The fraction of sp³-hybridized carbons (Fsp3) is 0.0769. The Bertz CT molecular complexity index is 1720. The molecule has 4 aromatic heterocycles. The van der Waals surface area contributed by atoms with Gasteiger partial charge in [0.2, 0.25) is 0 Å². The zero-order valence-corrected chi connectivity index (χ0v) is 18.8. The smallest absolute Gasteiger partial charge is 0.161 e. The van der Waals surface area contributed by atoms with Gasteiger partial charge in [-0.15, -0.1) is 0 Å². The van der Waals surface area contributed by atoms with Gasteiger partial charge < -0.3 is 9.88 Å². The van der Waals surface area contributed by atoms with Crippen LogP contribution in [-0.4, -0.2) is 44.2 Å². The molecule has 0 amide bonds. The zero-order chi connectivity index (χ0) is 24.1. The van der Waals surface area contributed by atoms with Crippen molar-refractivity contribution in [3.05, 3.63) is 78.8 Å². The first-order chi connectivity index (χ1) is 17.0. The first kappa shape index (κ1) is 20.9. The predicted octanol–water partition coefficient (Wildman–Crippen LogP) is 5.57. The van der Waals surface area contributed by atoms with E-state index in [4.69, 9.17) is 0 Å². The van der Waals surface area contributed by atoms with Gasteiger partial charge in [0.25, 0.3) is 0 Å². The average molecular weight is 467 g/mol. The van der Waals surface area contributed by atoms with Crippen LogP contribution in [0.3, 0.4) is 0 Å². The van der Waals surface area contributed by atoms with E-state index in [2.05, 4.69) is 30.1 Å². The lowest BCUT2D eigenvalue weighted by molar-refractivity contribution is 0.631. The minimum absolute atomic E-state index is 0.296. The van der Waals surface area contributed by atoms with Crippen molar-refractivity contribution in [1.29, 1.82) is 0 Å². The summed E-state index contributed by atoms with van der Waals surface area (Å²) < 4.78 is 30.4. The van der Waals surface area contributed by atoms with Gasteiger partial charge in [0, 0.05) is 48.7 Å². The van der Waals surface area contributed by atoms with Crippen LogP contribution in [0.5, 0.6) is 0 Å². The third-order valence-electron chi connectivity index (χ3n) is 5.99. The highest BCUT2D eigenvalue weighted by Gasteiger charge is 2.21. The number of aromatic nitrogens is 6. The van der Waals surface area contributed by atoms with Crippen LogP contribution < -0.4 is 4.90 Å². The van der Waals surface area contributed by atoms with Crippen molar-refractivity contribution in [3.63, 3.8) is 0 Å². The molecule has 0 unspecified atom stereocenters. The van der Waals surface area contributed by atoms with Crippen molar-refractivity contribution in [2.45, 2.75) is 0 Å². The van der Waals surface area contributed by atoms with Crippen LogP contribution in [0, 0.1) is 11.6 Å². The fourth-order valence-corrected chi connectivity index (χ4v) is 4.21. The summed E-state index contributed by atoms with van der Waals surface area (Å²) in [5, 5.41) is 7.51. The largest absolute Gasteiger partial charge is 0.376 e. The molecule has 2 aromatic carbocycles. The number of imidazole rings is 1. The minimum Gasteiger partial charge on any atom is -0.376 e. The lowest BCUT2D eigenvalue weighted by Crippen LogP contribution is -2.08. The number of anilines is 1. The van der Waals surface area contributed by atoms with E-state index in [9.17, 15) is 4.39 Å². The maximum atomic E-state index is 15.9. The molecule has 4 heterocycles. The number of rotatable bonds is 4. The van der Waals surface area contributed by atoms with Crippen LogP contribution >= 0.6 is 0 Å². The molecule has 0 saturated heterocycles. The lowest BCUT2D eigenvalue weighted by atomic mass is 10.0. The highest BCUT2D eigenvalue weighted by Crippen LogP contribution is 2.35.